The van der Waals surface area contributed by atoms with Crippen LogP contribution in [-0.4, -0.2) is 77.1 Å². The zero-order valence-corrected chi connectivity index (χ0v) is 17.3. The van der Waals surface area contributed by atoms with E-state index in [4.69, 9.17) is 9.47 Å². The molecule has 2 N–H and O–H groups in total. The maximum atomic E-state index is 5.69. The van der Waals surface area contributed by atoms with E-state index in [9.17, 15) is 0 Å². The van der Waals surface area contributed by atoms with E-state index >= 15 is 0 Å². The number of likely N-dealkylation sites (N-methyl/N-ethyl adjacent to an activating group) is 1. The minimum absolute atomic E-state index is 0. The van der Waals surface area contributed by atoms with E-state index in [1.807, 2.05) is 0 Å². The molecule has 1 aliphatic heterocycles. The summed E-state index contributed by atoms with van der Waals surface area (Å²) < 4.78 is 11.0. The highest BCUT2D eigenvalue weighted by Crippen LogP contribution is 2.12. The van der Waals surface area contributed by atoms with Gasteiger partial charge in [-0.05, 0) is 33.4 Å². The number of aliphatic imine (C=N–C) groups is 1. The van der Waals surface area contributed by atoms with E-state index in [2.05, 4.69) is 41.4 Å². The molecule has 1 unspecified atom stereocenters. The second kappa shape index (κ2) is 15.4. The van der Waals surface area contributed by atoms with Gasteiger partial charge in [-0.1, -0.05) is 6.92 Å². The van der Waals surface area contributed by atoms with E-state index in [0.29, 0.717) is 5.92 Å². The molecule has 0 saturated carbocycles. The van der Waals surface area contributed by atoms with Crippen molar-refractivity contribution in [3.8, 4) is 0 Å². The van der Waals surface area contributed by atoms with Gasteiger partial charge in [0.1, 0.15) is 0 Å². The van der Waals surface area contributed by atoms with Crippen LogP contribution in [0, 0.1) is 5.92 Å². The fraction of sp³-hybridized carbons (Fsp3) is 0.938. The summed E-state index contributed by atoms with van der Waals surface area (Å²) in [5, 5.41) is 6.63. The molecule has 0 aromatic heterocycles. The fourth-order valence-electron chi connectivity index (χ4n) is 2.19. The number of rotatable bonds is 11. The smallest absolute Gasteiger partial charge is 0.191 e. The van der Waals surface area contributed by atoms with Crippen molar-refractivity contribution in [1.29, 1.82) is 0 Å². The molecule has 0 aromatic rings. The first-order valence-electron chi connectivity index (χ1n) is 8.62. The van der Waals surface area contributed by atoms with Gasteiger partial charge in [-0.3, -0.25) is 4.99 Å². The van der Waals surface area contributed by atoms with Gasteiger partial charge in [-0.15, -0.1) is 24.0 Å². The van der Waals surface area contributed by atoms with Crippen LogP contribution in [0.5, 0.6) is 0 Å². The van der Waals surface area contributed by atoms with E-state index in [-0.39, 0.29) is 24.0 Å². The van der Waals surface area contributed by atoms with Crippen molar-refractivity contribution in [3.63, 3.8) is 0 Å². The molecule has 0 amide bonds. The first kappa shape index (κ1) is 22.9. The van der Waals surface area contributed by atoms with E-state index in [1.165, 1.54) is 0 Å². The van der Waals surface area contributed by atoms with Gasteiger partial charge in [0.2, 0.25) is 0 Å². The van der Waals surface area contributed by atoms with Gasteiger partial charge >= 0.3 is 0 Å². The van der Waals surface area contributed by atoms with Crippen LogP contribution in [0.15, 0.2) is 4.99 Å². The van der Waals surface area contributed by atoms with Gasteiger partial charge in [-0.25, -0.2) is 0 Å². The molecule has 0 aromatic carbocycles. The third kappa shape index (κ3) is 12.0. The molecule has 1 rings (SSSR count). The molecule has 1 atom stereocenters. The standard InChI is InChI=1S/C16H34N4O2.HI/c1-4-17-16(19-9-10-20(3)5-2)18-8-6-11-21-13-15-7-12-22-14-15;/h15H,4-14H2,1-3H3,(H2,17,18,19);1H. The van der Waals surface area contributed by atoms with Crippen molar-refractivity contribution in [2.24, 2.45) is 10.9 Å². The van der Waals surface area contributed by atoms with Gasteiger partial charge in [0.25, 0.3) is 0 Å². The van der Waals surface area contributed by atoms with E-state index in [0.717, 1.165) is 78.0 Å². The topological polar surface area (TPSA) is 58.1 Å². The Hall–Kier alpha value is -0.120. The van der Waals surface area contributed by atoms with Crippen LogP contribution in [0.2, 0.25) is 0 Å². The van der Waals surface area contributed by atoms with Crippen LogP contribution in [0.3, 0.4) is 0 Å². The van der Waals surface area contributed by atoms with E-state index in [1.54, 1.807) is 0 Å². The van der Waals surface area contributed by atoms with E-state index < -0.39 is 0 Å². The number of hydrogen-bond donors (Lipinski definition) is 2. The van der Waals surface area contributed by atoms with Crippen molar-refractivity contribution in [1.82, 2.24) is 15.5 Å². The number of hydrogen-bond acceptors (Lipinski definition) is 4. The summed E-state index contributed by atoms with van der Waals surface area (Å²) in [6, 6.07) is 0. The predicted octanol–water partition coefficient (Wildman–Crippen LogP) is 1.55. The molecule has 0 bridgehead atoms. The maximum Gasteiger partial charge on any atom is 0.191 e. The molecular weight excluding hydrogens is 407 g/mol. The van der Waals surface area contributed by atoms with Crippen molar-refractivity contribution < 1.29 is 9.47 Å². The molecule has 1 saturated heterocycles. The summed E-state index contributed by atoms with van der Waals surface area (Å²) in [6.07, 6.45) is 2.10. The molecule has 7 heteroatoms. The van der Waals surface area contributed by atoms with Crippen LogP contribution < -0.4 is 10.6 Å². The Balaban J connectivity index is 0.00000484. The summed E-state index contributed by atoms with van der Waals surface area (Å²) in [6.45, 7) is 12.3. The first-order valence-corrected chi connectivity index (χ1v) is 8.62. The van der Waals surface area contributed by atoms with Crippen molar-refractivity contribution in [3.05, 3.63) is 0 Å². The summed E-state index contributed by atoms with van der Waals surface area (Å²) in [5.41, 5.74) is 0. The van der Waals surface area contributed by atoms with Gasteiger partial charge < -0.3 is 25.0 Å². The molecule has 138 valence electrons. The Kier molecular flexibility index (Phi) is 15.3. The van der Waals surface area contributed by atoms with Crippen molar-refractivity contribution in [2.75, 3.05) is 66.2 Å². The largest absolute Gasteiger partial charge is 0.381 e. The van der Waals surface area contributed by atoms with Crippen molar-refractivity contribution in [2.45, 2.75) is 26.7 Å². The first-order chi connectivity index (χ1) is 10.8. The van der Waals surface area contributed by atoms with Crippen LogP contribution in [0.25, 0.3) is 0 Å². The minimum Gasteiger partial charge on any atom is -0.381 e. The summed E-state index contributed by atoms with van der Waals surface area (Å²) in [5.74, 6) is 1.49. The zero-order chi connectivity index (χ0) is 16.0. The van der Waals surface area contributed by atoms with Crippen LogP contribution >= 0.6 is 24.0 Å². The van der Waals surface area contributed by atoms with Crippen LogP contribution in [-0.2, 0) is 9.47 Å². The highest BCUT2D eigenvalue weighted by molar-refractivity contribution is 14.0. The zero-order valence-electron chi connectivity index (χ0n) is 15.0. The van der Waals surface area contributed by atoms with Gasteiger partial charge in [-0.2, -0.15) is 0 Å². The molecule has 0 radical (unpaired) electrons. The van der Waals surface area contributed by atoms with Gasteiger partial charge in [0, 0.05) is 45.3 Å². The predicted molar refractivity (Wildman–Crippen MR) is 107 cm³/mol. The molecule has 1 aliphatic rings. The maximum absolute atomic E-state index is 5.69. The number of nitrogens with zero attached hydrogens (tertiary/aromatic N) is 2. The number of nitrogens with one attached hydrogen (secondary N) is 2. The Morgan fingerprint density at radius 2 is 2.17 bits per heavy atom. The molecule has 23 heavy (non-hydrogen) atoms. The quantitative estimate of drug-likeness (QED) is 0.220. The lowest BCUT2D eigenvalue weighted by molar-refractivity contribution is 0.0893. The second-order valence-electron chi connectivity index (χ2n) is 5.74. The SMILES string of the molecule is CCNC(=NCCCOCC1CCOC1)NCCN(C)CC.I. The fourth-order valence-corrected chi connectivity index (χ4v) is 2.19. The molecule has 0 spiro atoms. The summed E-state index contributed by atoms with van der Waals surface area (Å²) in [7, 11) is 2.12. The third-order valence-corrected chi connectivity index (χ3v) is 3.76. The lowest BCUT2D eigenvalue weighted by atomic mass is 10.1. The summed E-state index contributed by atoms with van der Waals surface area (Å²) >= 11 is 0. The lowest BCUT2D eigenvalue weighted by Crippen LogP contribution is -2.41. The Morgan fingerprint density at radius 1 is 1.35 bits per heavy atom. The molecular formula is C16H35IN4O2. The molecule has 1 heterocycles. The van der Waals surface area contributed by atoms with Gasteiger partial charge in [0.05, 0.1) is 13.2 Å². The number of guanidine groups is 1. The number of ether oxygens (including phenoxy) is 2. The van der Waals surface area contributed by atoms with Gasteiger partial charge in [0.15, 0.2) is 5.96 Å². The summed E-state index contributed by atoms with van der Waals surface area (Å²) in [4.78, 5) is 6.85. The Bertz CT molecular complexity index is 300. The molecule has 6 nitrogen and oxygen atoms in total. The number of halogens is 1. The van der Waals surface area contributed by atoms with Crippen LogP contribution in [0.1, 0.15) is 26.7 Å². The Morgan fingerprint density at radius 3 is 2.83 bits per heavy atom. The monoisotopic (exact) mass is 442 g/mol. The lowest BCUT2D eigenvalue weighted by Gasteiger charge is -2.16. The second-order valence-corrected chi connectivity index (χ2v) is 5.74. The average Bonchev–Trinajstić information content (AvgIpc) is 3.03. The minimum atomic E-state index is 0. The third-order valence-electron chi connectivity index (χ3n) is 3.76. The normalized spacial score (nSPS) is 18.1. The average molecular weight is 442 g/mol. The van der Waals surface area contributed by atoms with Crippen LogP contribution in [0.4, 0.5) is 0 Å². The highest BCUT2D eigenvalue weighted by Gasteiger charge is 2.15. The molecule has 0 aliphatic carbocycles. The van der Waals surface area contributed by atoms with Crippen molar-refractivity contribution >= 4 is 29.9 Å². The highest BCUT2D eigenvalue weighted by atomic mass is 127. The molecule has 1 fully saturated rings. The Labute approximate surface area is 158 Å².